The largest absolute Gasteiger partial charge is 0.315 e. The summed E-state index contributed by atoms with van der Waals surface area (Å²) < 4.78 is 26.9. The Hall–Kier alpha value is -0.620. The summed E-state index contributed by atoms with van der Waals surface area (Å²) in [5, 5.41) is 2.85. The average Bonchev–Trinajstić information content (AvgIpc) is 2.66. The molecule has 1 saturated heterocycles. The van der Waals surface area contributed by atoms with Crippen molar-refractivity contribution in [2.75, 3.05) is 13.1 Å². The maximum atomic E-state index is 12.4. The molecular formula is C13H22N2O3S. The highest BCUT2D eigenvalue weighted by Gasteiger charge is 2.56. The number of carbonyl (C=O) groups is 1. The molecule has 3 aliphatic rings. The first-order chi connectivity index (χ1) is 9.05. The highest BCUT2D eigenvalue weighted by atomic mass is 32.2. The average molecular weight is 286 g/mol. The molecule has 2 N–H and O–H groups in total. The minimum Gasteiger partial charge on any atom is -0.315 e. The van der Waals surface area contributed by atoms with Crippen LogP contribution in [0.1, 0.15) is 44.9 Å². The van der Waals surface area contributed by atoms with E-state index in [-0.39, 0.29) is 11.2 Å². The van der Waals surface area contributed by atoms with Crippen molar-refractivity contribution in [1.82, 2.24) is 10.0 Å². The lowest BCUT2D eigenvalue weighted by atomic mass is 9.62. The molecule has 6 heteroatoms. The Morgan fingerprint density at radius 1 is 1.16 bits per heavy atom. The van der Waals surface area contributed by atoms with Crippen molar-refractivity contribution < 1.29 is 13.2 Å². The number of sulfonamides is 1. The van der Waals surface area contributed by atoms with Crippen molar-refractivity contribution in [2.24, 2.45) is 11.3 Å². The Bertz CT molecular complexity index is 470. The highest BCUT2D eigenvalue weighted by molar-refractivity contribution is 7.90. The Morgan fingerprint density at radius 3 is 2.47 bits per heavy atom. The molecule has 3 rings (SSSR count). The first-order valence-corrected chi connectivity index (χ1v) is 8.86. The van der Waals surface area contributed by atoms with Gasteiger partial charge in [-0.25, -0.2) is 8.42 Å². The van der Waals surface area contributed by atoms with Crippen LogP contribution in [-0.4, -0.2) is 32.7 Å². The fourth-order valence-electron chi connectivity index (χ4n) is 3.77. The van der Waals surface area contributed by atoms with E-state index in [1.165, 1.54) is 0 Å². The highest BCUT2D eigenvalue weighted by Crippen LogP contribution is 2.49. The summed E-state index contributed by atoms with van der Waals surface area (Å²) in [5.41, 5.74) is -0.443. The van der Waals surface area contributed by atoms with Crippen LogP contribution in [-0.2, 0) is 14.8 Å². The molecule has 0 radical (unpaired) electrons. The second-order valence-corrected chi connectivity index (χ2v) is 8.22. The molecule has 1 amide bonds. The van der Waals surface area contributed by atoms with Crippen LogP contribution in [0.5, 0.6) is 0 Å². The zero-order valence-electron chi connectivity index (χ0n) is 11.2. The maximum absolute atomic E-state index is 12.4. The van der Waals surface area contributed by atoms with Crippen LogP contribution in [0.4, 0.5) is 0 Å². The minimum atomic E-state index is -3.47. The van der Waals surface area contributed by atoms with Gasteiger partial charge in [-0.3, -0.25) is 9.52 Å². The minimum absolute atomic E-state index is 0.265. The van der Waals surface area contributed by atoms with Gasteiger partial charge in [0.2, 0.25) is 15.9 Å². The third kappa shape index (κ3) is 2.18. The second-order valence-electron chi connectivity index (χ2n) is 6.26. The molecule has 2 saturated carbocycles. The van der Waals surface area contributed by atoms with Crippen LogP contribution in [0.3, 0.4) is 0 Å². The molecule has 1 aliphatic heterocycles. The van der Waals surface area contributed by atoms with Gasteiger partial charge in [0.1, 0.15) is 0 Å². The lowest BCUT2D eigenvalue weighted by molar-refractivity contribution is -0.135. The molecule has 0 spiro atoms. The Morgan fingerprint density at radius 2 is 1.89 bits per heavy atom. The molecule has 19 heavy (non-hydrogen) atoms. The van der Waals surface area contributed by atoms with Crippen LogP contribution >= 0.6 is 0 Å². The third-order valence-electron chi connectivity index (χ3n) is 5.23. The quantitative estimate of drug-likeness (QED) is 0.803. The lowest BCUT2D eigenvalue weighted by Gasteiger charge is -2.42. The predicted octanol–water partition coefficient (Wildman–Crippen LogP) is 0.765. The molecule has 0 aromatic heterocycles. The standard InChI is InChI=1S/C13H22N2O3S/c16-12(13-7-6-10(13)8-14-9-13)15-19(17,18)11-4-2-1-3-5-11/h10-11,14H,1-9H2,(H,15,16)/t10-,13-/m0/s1. The smallest absolute Gasteiger partial charge is 0.241 e. The summed E-state index contributed by atoms with van der Waals surface area (Å²) >= 11 is 0. The molecule has 0 aromatic carbocycles. The van der Waals surface area contributed by atoms with E-state index >= 15 is 0 Å². The van der Waals surface area contributed by atoms with E-state index in [0.717, 1.165) is 38.6 Å². The van der Waals surface area contributed by atoms with E-state index in [1.807, 2.05) is 0 Å². The number of hydrogen-bond acceptors (Lipinski definition) is 4. The number of carbonyl (C=O) groups excluding carboxylic acids is 1. The number of hydrogen-bond donors (Lipinski definition) is 2. The summed E-state index contributed by atoms with van der Waals surface area (Å²) in [6, 6.07) is 0. The normalized spacial score (nSPS) is 35.5. The summed E-state index contributed by atoms with van der Waals surface area (Å²) in [5.74, 6) is 0.0633. The van der Waals surface area contributed by atoms with E-state index in [4.69, 9.17) is 0 Å². The molecule has 2 aliphatic carbocycles. The van der Waals surface area contributed by atoms with Gasteiger partial charge in [0, 0.05) is 6.54 Å². The van der Waals surface area contributed by atoms with E-state index < -0.39 is 15.4 Å². The number of nitrogens with one attached hydrogen (secondary N) is 2. The van der Waals surface area contributed by atoms with Gasteiger partial charge in [0.25, 0.3) is 0 Å². The lowest BCUT2D eigenvalue weighted by Crippen LogP contribution is -2.54. The van der Waals surface area contributed by atoms with Gasteiger partial charge in [-0.1, -0.05) is 19.3 Å². The van der Waals surface area contributed by atoms with Crippen LogP contribution in [0.25, 0.3) is 0 Å². The summed E-state index contributed by atoms with van der Waals surface area (Å²) in [4.78, 5) is 12.4. The second kappa shape index (κ2) is 4.74. The van der Waals surface area contributed by atoms with Gasteiger partial charge >= 0.3 is 0 Å². The van der Waals surface area contributed by atoms with Crippen molar-refractivity contribution in [3.63, 3.8) is 0 Å². The molecule has 0 aromatic rings. The zero-order chi connectivity index (χ0) is 13.5. The van der Waals surface area contributed by atoms with Crippen LogP contribution < -0.4 is 10.0 Å². The zero-order valence-corrected chi connectivity index (χ0v) is 12.0. The SMILES string of the molecule is O=C(NS(=O)(=O)C1CCCCC1)[C@]12CC[C@H]1CNC2. The summed E-state index contributed by atoms with van der Waals surface area (Å²) in [6.07, 6.45) is 6.25. The fraction of sp³-hybridized carbons (Fsp3) is 0.923. The summed E-state index contributed by atoms with van der Waals surface area (Å²) in [7, 11) is -3.47. The van der Waals surface area contributed by atoms with Crippen LogP contribution in [0.15, 0.2) is 0 Å². The first kappa shape index (κ1) is 13.4. The van der Waals surface area contributed by atoms with Gasteiger partial charge in [0.05, 0.1) is 10.7 Å². The van der Waals surface area contributed by atoms with Crippen LogP contribution in [0.2, 0.25) is 0 Å². The molecule has 108 valence electrons. The predicted molar refractivity (Wildman–Crippen MR) is 72.0 cm³/mol. The Labute approximate surface area is 114 Å². The third-order valence-corrected chi connectivity index (χ3v) is 7.05. The van der Waals surface area contributed by atoms with Gasteiger partial charge in [-0.15, -0.1) is 0 Å². The number of rotatable bonds is 3. The molecule has 3 fully saturated rings. The van der Waals surface area contributed by atoms with E-state index in [9.17, 15) is 13.2 Å². The van der Waals surface area contributed by atoms with Gasteiger partial charge in [0.15, 0.2) is 0 Å². The van der Waals surface area contributed by atoms with E-state index in [2.05, 4.69) is 10.0 Å². The summed E-state index contributed by atoms with van der Waals surface area (Å²) in [6.45, 7) is 1.47. The molecule has 0 unspecified atom stereocenters. The Kier molecular flexibility index (Phi) is 3.33. The van der Waals surface area contributed by atoms with Gasteiger partial charge in [-0.05, 0) is 38.1 Å². The van der Waals surface area contributed by atoms with Crippen molar-refractivity contribution in [3.05, 3.63) is 0 Å². The maximum Gasteiger partial charge on any atom is 0.241 e. The van der Waals surface area contributed by atoms with E-state index in [1.54, 1.807) is 0 Å². The van der Waals surface area contributed by atoms with Crippen molar-refractivity contribution >= 4 is 15.9 Å². The van der Waals surface area contributed by atoms with Gasteiger partial charge < -0.3 is 5.32 Å². The Balaban J connectivity index is 1.68. The van der Waals surface area contributed by atoms with Crippen molar-refractivity contribution in [1.29, 1.82) is 0 Å². The van der Waals surface area contributed by atoms with Crippen molar-refractivity contribution in [3.8, 4) is 0 Å². The monoisotopic (exact) mass is 286 g/mol. The van der Waals surface area contributed by atoms with Gasteiger partial charge in [-0.2, -0.15) is 0 Å². The van der Waals surface area contributed by atoms with Crippen LogP contribution in [0, 0.1) is 11.3 Å². The molecule has 5 nitrogen and oxygen atoms in total. The molecule has 2 atom stereocenters. The number of amides is 1. The number of fused-ring (bicyclic) bond motifs is 1. The molecule has 1 heterocycles. The van der Waals surface area contributed by atoms with Crippen molar-refractivity contribution in [2.45, 2.75) is 50.2 Å². The molecule has 0 bridgehead atoms. The molecular weight excluding hydrogens is 264 g/mol. The topological polar surface area (TPSA) is 75.3 Å². The fourth-order valence-corrected chi connectivity index (χ4v) is 5.35. The first-order valence-electron chi connectivity index (χ1n) is 7.31. The van der Waals surface area contributed by atoms with E-state index in [0.29, 0.717) is 25.3 Å².